The van der Waals surface area contributed by atoms with Crippen LogP contribution in [0.4, 0.5) is 5.69 Å². The summed E-state index contributed by atoms with van der Waals surface area (Å²) in [5.41, 5.74) is 7.01. The molecule has 0 radical (unpaired) electrons. The second-order valence-electron chi connectivity index (χ2n) is 3.15. The maximum atomic E-state index is 11.5. The first kappa shape index (κ1) is 8.62. The molecule has 72 valence electrons. The van der Waals surface area contributed by atoms with Gasteiger partial charge in [0.25, 0.3) is 0 Å². The summed E-state index contributed by atoms with van der Waals surface area (Å²) in [5, 5.41) is 0. The molecule has 14 heavy (non-hydrogen) atoms. The zero-order chi connectivity index (χ0) is 10.1. The standard InChI is InChI=1S/C10H11N3O/c1-12-6-7-13(10(12)14)9-4-2-8(11)3-5-9/h2-7H,11H2,1H3. The minimum atomic E-state index is -0.0604. The van der Waals surface area contributed by atoms with Crippen molar-refractivity contribution in [2.24, 2.45) is 7.05 Å². The Morgan fingerprint density at radius 1 is 1.14 bits per heavy atom. The first-order chi connectivity index (χ1) is 6.68. The van der Waals surface area contributed by atoms with E-state index >= 15 is 0 Å². The van der Waals surface area contributed by atoms with Crippen LogP contribution in [-0.4, -0.2) is 9.13 Å². The van der Waals surface area contributed by atoms with Crippen molar-refractivity contribution in [3.8, 4) is 5.69 Å². The molecule has 1 aromatic carbocycles. The van der Waals surface area contributed by atoms with Gasteiger partial charge in [-0.3, -0.25) is 4.57 Å². The molecule has 2 rings (SSSR count). The van der Waals surface area contributed by atoms with Crippen LogP contribution in [-0.2, 0) is 7.05 Å². The first-order valence-corrected chi connectivity index (χ1v) is 4.28. The maximum Gasteiger partial charge on any atom is 0.332 e. The number of nitrogens with zero attached hydrogens (tertiary/aromatic N) is 2. The van der Waals surface area contributed by atoms with E-state index in [0.29, 0.717) is 5.69 Å². The van der Waals surface area contributed by atoms with E-state index in [0.717, 1.165) is 5.69 Å². The smallest absolute Gasteiger partial charge is 0.332 e. The Balaban J connectivity index is 2.55. The quantitative estimate of drug-likeness (QED) is 0.673. The van der Waals surface area contributed by atoms with Crippen LogP contribution in [0.5, 0.6) is 0 Å². The highest BCUT2D eigenvalue weighted by atomic mass is 16.1. The largest absolute Gasteiger partial charge is 0.399 e. The van der Waals surface area contributed by atoms with E-state index in [4.69, 9.17) is 5.73 Å². The number of hydrogen-bond acceptors (Lipinski definition) is 2. The Morgan fingerprint density at radius 3 is 2.29 bits per heavy atom. The molecule has 0 spiro atoms. The van der Waals surface area contributed by atoms with Gasteiger partial charge in [0.15, 0.2) is 0 Å². The van der Waals surface area contributed by atoms with Gasteiger partial charge in [0.2, 0.25) is 0 Å². The van der Waals surface area contributed by atoms with E-state index in [-0.39, 0.29) is 5.69 Å². The summed E-state index contributed by atoms with van der Waals surface area (Å²) < 4.78 is 3.09. The van der Waals surface area contributed by atoms with Gasteiger partial charge in [0.1, 0.15) is 0 Å². The van der Waals surface area contributed by atoms with Crippen LogP contribution < -0.4 is 11.4 Å². The lowest BCUT2D eigenvalue weighted by atomic mass is 10.3. The molecular formula is C10H11N3O. The molecule has 0 saturated carbocycles. The summed E-state index contributed by atoms with van der Waals surface area (Å²) in [7, 11) is 1.72. The topological polar surface area (TPSA) is 52.9 Å². The summed E-state index contributed by atoms with van der Waals surface area (Å²) >= 11 is 0. The monoisotopic (exact) mass is 189 g/mol. The highest BCUT2D eigenvalue weighted by Gasteiger charge is 2.01. The molecule has 0 atom stereocenters. The normalized spacial score (nSPS) is 10.4. The molecule has 2 N–H and O–H groups in total. The van der Waals surface area contributed by atoms with Crippen LogP contribution in [0.15, 0.2) is 41.5 Å². The second kappa shape index (κ2) is 3.06. The van der Waals surface area contributed by atoms with Gasteiger partial charge in [-0.2, -0.15) is 0 Å². The average Bonchev–Trinajstić information content (AvgIpc) is 2.50. The van der Waals surface area contributed by atoms with E-state index < -0.39 is 0 Å². The van der Waals surface area contributed by atoms with Crippen molar-refractivity contribution < 1.29 is 0 Å². The molecule has 1 aromatic heterocycles. The third-order valence-corrected chi connectivity index (χ3v) is 2.12. The fraction of sp³-hybridized carbons (Fsp3) is 0.100. The van der Waals surface area contributed by atoms with Crippen molar-refractivity contribution >= 4 is 5.69 Å². The Morgan fingerprint density at radius 2 is 1.79 bits per heavy atom. The van der Waals surface area contributed by atoms with Crippen LogP contribution in [0.1, 0.15) is 0 Å². The number of anilines is 1. The van der Waals surface area contributed by atoms with Crippen molar-refractivity contribution in [1.82, 2.24) is 9.13 Å². The Bertz CT molecular complexity index is 493. The molecule has 1 heterocycles. The highest BCUT2D eigenvalue weighted by Crippen LogP contribution is 2.08. The summed E-state index contributed by atoms with van der Waals surface area (Å²) in [6.07, 6.45) is 3.45. The lowest BCUT2D eigenvalue weighted by molar-refractivity contribution is 0.824. The third-order valence-electron chi connectivity index (χ3n) is 2.12. The van der Waals surface area contributed by atoms with E-state index in [1.54, 1.807) is 36.1 Å². The van der Waals surface area contributed by atoms with Crippen molar-refractivity contribution in [2.45, 2.75) is 0 Å². The van der Waals surface area contributed by atoms with Gasteiger partial charge in [-0.15, -0.1) is 0 Å². The van der Waals surface area contributed by atoms with Crippen LogP contribution in [0, 0.1) is 0 Å². The predicted molar refractivity (Wildman–Crippen MR) is 55.4 cm³/mol. The molecule has 4 heteroatoms. The summed E-state index contributed by atoms with van der Waals surface area (Å²) in [6.45, 7) is 0. The molecular weight excluding hydrogens is 178 g/mol. The first-order valence-electron chi connectivity index (χ1n) is 4.28. The molecule has 0 saturated heterocycles. The van der Waals surface area contributed by atoms with Crippen LogP contribution in [0.3, 0.4) is 0 Å². The number of aromatic nitrogens is 2. The van der Waals surface area contributed by atoms with Gasteiger partial charge in [-0.1, -0.05) is 0 Å². The number of benzene rings is 1. The van der Waals surface area contributed by atoms with Crippen molar-refractivity contribution in [1.29, 1.82) is 0 Å². The predicted octanol–water partition coefficient (Wildman–Crippen LogP) is 0.758. The molecule has 0 unspecified atom stereocenters. The Kier molecular flexibility index (Phi) is 1.89. The third kappa shape index (κ3) is 1.31. The zero-order valence-corrected chi connectivity index (χ0v) is 7.84. The highest BCUT2D eigenvalue weighted by molar-refractivity contribution is 5.44. The SMILES string of the molecule is Cn1ccn(-c2ccc(N)cc2)c1=O. The Labute approximate surface area is 81.2 Å². The van der Waals surface area contributed by atoms with E-state index in [9.17, 15) is 4.79 Å². The lowest BCUT2D eigenvalue weighted by Gasteiger charge is -2.00. The minimum Gasteiger partial charge on any atom is -0.399 e. The van der Waals surface area contributed by atoms with Gasteiger partial charge in [-0.05, 0) is 24.3 Å². The minimum absolute atomic E-state index is 0.0604. The number of nitrogens with two attached hydrogens (primary N) is 1. The number of rotatable bonds is 1. The van der Waals surface area contributed by atoms with Gasteiger partial charge in [0.05, 0.1) is 5.69 Å². The molecule has 4 nitrogen and oxygen atoms in total. The van der Waals surface area contributed by atoms with Crippen LogP contribution >= 0.6 is 0 Å². The Hall–Kier alpha value is -1.97. The molecule has 0 aliphatic carbocycles. The van der Waals surface area contributed by atoms with E-state index in [1.165, 1.54) is 4.57 Å². The fourth-order valence-corrected chi connectivity index (χ4v) is 1.30. The molecule has 0 aliphatic rings. The maximum absolute atomic E-state index is 11.5. The average molecular weight is 189 g/mol. The molecule has 0 amide bonds. The second-order valence-corrected chi connectivity index (χ2v) is 3.15. The van der Waals surface area contributed by atoms with Crippen molar-refractivity contribution in [3.63, 3.8) is 0 Å². The van der Waals surface area contributed by atoms with Crippen molar-refractivity contribution in [2.75, 3.05) is 5.73 Å². The molecule has 2 aromatic rings. The molecule has 0 fully saturated rings. The number of nitrogen functional groups attached to an aromatic ring is 1. The lowest BCUT2D eigenvalue weighted by Crippen LogP contribution is -2.20. The summed E-state index contributed by atoms with van der Waals surface area (Å²) in [5.74, 6) is 0. The zero-order valence-electron chi connectivity index (χ0n) is 7.84. The van der Waals surface area contributed by atoms with Gasteiger partial charge in [-0.25, -0.2) is 4.79 Å². The summed E-state index contributed by atoms with van der Waals surface area (Å²) in [6, 6.07) is 7.18. The molecule has 0 aliphatic heterocycles. The number of imidazole rings is 1. The number of hydrogen-bond donors (Lipinski definition) is 1. The van der Waals surface area contributed by atoms with Crippen LogP contribution in [0.2, 0.25) is 0 Å². The fourth-order valence-electron chi connectivity index (χ4n) is 1.30. The van der Waals surface area contributed by atoms with Crippen molar-refractivity contribution in [3.05, 3.63) is 47.1 Å². The van der Waals surface area contributed by atoms with E-state index in [2.05, 4.69) is 0 Å². The summed E-state index contributed by atoms with van der Waals surface area (Å²) in [4.78, 5) is 11.5. The van der Waals surface area contributed by atoms with Gasteiger partial charge < -0.3 is 10.3 Å². The van der Waals surface area contributed by atoms with E-state index in [1.807, 2.05) is 12.1 Å². The number of aryl methyl sites for hydroxylation is 1. The molecule has 0 bridgehead atoms. The van der Waals surface area contributed by atoms with Crippen LogP contribution in [0.25, 0.3) is 5.69 Å². The van der Waals surface area contributed by atoms with Gasteiger partial charge in [0, 0.05) is 25.1 Å². The van der Waals surface area contributed by atoms with Gasteiger partial charge >= 0.3 is 5.69 Å².